The average Bonchev–Trinajstić information content (AvgIpc) is 2.55. The molecule has 0 saturated carbocycles. The Morgan fingerprint density at radius 1 is 1.24 bits per heavy atom. The van der Waals surface area contributed by atoms with E-state index in [1.54, 1.807) is 32.0 Å². The molecular weight excluding hydrogens is 366 g/mol. The highest BCUT2D eigenvalue weighted by Crippen LogP contribution is 2.30. The SMILES string of the molecule is CC(C)Oc1ccc(C(=O)O)cc1NS(=O)(=O)c1ccccc1CCl. The van der Waals surface area contributed by atoms with Crippen molar-refractivity contribution in [1.82, 2.24) is 0 Å². The van der Waals surface area contributed by atoms with E-state index < -0.39 is 16.0 Å². The van der Waals surface area contributed by atoms with Crippen LogP contribution in [-0.2, 0) is 15.9 Å². The molecule has 25 heavy (non-hydrogen) atoms. The first-order valence-electron chi connectivity index (χ1n) is 7.45. The van der Waals surface area contributed by atoms with Gasteiger partial charge in [-0.05, 0) is 43.7 Å². The molecular formula is C17H18ClNO5S. The molecule has 0 aliphatic rings. The molecule has 0 amide bonds. The van der Waals surface area contributed by atoms with Crippen LogP contribution in [0.1, 0.15) is 29.8 Å². The van der Waals surface area contributed by atoms with Crippen LogP contribution in [0.2, 0.25) is 0 Å². The summed E-state index contributed by atoms with van der Waals surface area (Å²) in [5, 5.41) is 9.14. The Morgan fingerprint density at radius 3 is 2.52 bits per heavy atom. The summed E-state index contributed by atoms with van der Waals surface area (Å²) in [6.07, 6.45) is -0.214. The van der Waals surface area contributed by atoms with Gasteiger partial charge in [0, 0.05) is 5.88 Å². The number of hydrogen-bond donors (Lipinski definition) is 2. The molecule has 8 heteroatoms. The van der Waals surface area contributed by atoms with Crippen molar-refractivity contribution in [2.75, 3.05) is 4.72 Å². The van der Waals surface area contributed by atoms with E-state index in [-0.39, 0.29) is 33.9 Å². The van der Waals surface area contributed by atoms with Gasteiger partial charge in [-0.3, -0.25) is 4.72 Å². The molecule has 0 radical (unpaired) electrons. The van der Waals surface area contributed by atoms with Crippen molar-refractivity contribution in [2.24, 2.45) is 0 Å². The summed E-state index contributed by atoms with van der Waals surface area (Å²) in [4.78, 5) is 11.2. The first-order chi connectivity index (χ1) is 11.7. The molecule has 0 aromatic heterocycles. The summed E-state index contributed by atoms with van der Waals surface area (Å²) >= 11 is 5.81. The van der Waals surface area contributed by atoms with Gasteiger partial charge in [0.1, 0.15) is 5.75 Å². The van der Waals surface area contributed by atoms with E-state index >= 15 is 0 Å². The predicted molar refractivity (Wildman–Crippen MR) is 96.0 cm³/mol. The van der Waals surface area contributed by atoms with Crippen molar-refractivity contribution in [3.05, 3.63) is 53.6 Å². The maximum absolute atomic E-state index is 12.7. The molecule has 0 atom stereocenters. The standard InChI is InChI=1S/C17H18ClNO5S/c1-11(2)24-15-8-7-12(17(20)21)9-14(15)19-25(22,23)16-6-4-3-5-13(16)10-18/h3-9,11,19H,10H2,1-2H3,(H,20,21). The molecule has 0 heterocycles. The van der Waals surface area contributed by atoms with Gasteiger partial charge in [0.05, 0.1) is 22.3 Å². The van der Waals surface area contributed by atoms with Crippen molar-refractivity contribution in [2.45, 2.75) is 30.7 Å². The summed E-state index contributed by atoms with van der Waals surface area (Å²) < 4.78 is 33.4. The molecule has 2 N–H and O–H groups in total. The van der Waals surface area contributed by atoms with Gasteiger partial charge >= 0.3 is 5.97 Å². The Balaban J connectivity index is 2.49. The third-order valence-electron chi connectivity index (χ3n) is 3.24. The van der Waals surface area contributed by atoms with Crippen molar-refractivity contribution in [3.8, 4) is 5.75 Å². The quantitative estimate of drug-likeness (QED) is 0.711. The van der Waals surface area contributed by atoms with E-state index in [1.165, 1.54) is 24.3 Å². The van der Waals surface area contributed by atoms with E-state index in [1.807, 2.05) is 0 Å². The van der Waals surface area contributed by atoms with Crippen molar-refractivity contribution >= 4 is 33.3 Å². The zero-order valence-corrected chi connectivity index (χ0v) is 15.3. The number of rotatable bonds is 7. The number of alkyl halides is 1. The Hall–Kier alpha value is -2.25. The largest absolute Gasteiger partial charge is 0.489 e. The van der Waals surface area contributed by atoms with Gasteiger partial charge in [-0.1, -0.05) is 18.2 Å². The van der Waals surface area contributed by atoms with Gasteiger partial charge in [0.15, 0.2) is 0 Å². The normalized spacial score (nSPS) is 11.4. The summed E-state index contributed by atoms with van der Waals surface area (Å²) in [6.45, 7) is 3.57. The van der Waals surface area contributed by atoms with E-state index in [4.69, 9.17) is 21.4 Å². The zero-order chi connectivity index (χ0) is 18.6. The maximum Gasteiger partial charge on any atom is 0.335 e. The summed E-state index contributed by atoms with van der Waals surface area (Å²) in [5.41, 5.74) is 0.440. The third kappa shape index (κ3) is 4.64. The minimum absolute atomic E-state index is 0.0289. The summed E-state index contributed by atoms with van der Waals surface area (Å²) in [5.74, 6) is -0.897. The minimum atomic E-state index is -3.96. The highest BCUT2D eigenvalue weighted by atomic mass is 35.5. The second kappa shape index (κ2) is 7.76. The molecule has 0 unspecified atom stereocenters. The molecule has 2 rings (SSSR count). The van der Waals surface area contributed by atoms with Crippen LogP contribution in [0.4, 0.5) is 5.69 Å². The van der Waals surface area contributed by atoms with Gasteiger partial charge in [-0.15, -0.1) is 11.6 Å². The monoisotopic (exact) mass is 383 g/mol. The van der Waals surface area contributed by atoms with Gasteiger partial charge in [-0.25, -0.2) is 13.2 Å². The van der Waals surface area contributed by atoms with Gasteiger partial charge in [0.2, 0.25) is 0 Å². The minimum Gasteiger partial charge on any atom is -0.489 e. The van der Waals surface area contributed by atoms with Crippen LogP contribution in [-0.4, -0.2) is 25.6 Å². The number of halogens is 1. The fraction of sp³-hybridized carbons (Fsp3) is 0.235. The maximum atomic E-state index is 12.7. The fourth-order valence-corrected chi connectivity index (χ4v) is 3.79. The summed E-state index contributed by atoms with van der Waals surface area (Å²) in [6, 6.07) is 10.3. The Kier molecular flexibility index (Phi) is 5.92. The molecule has 134 valence electrons. The van der Waals surface area contributed by atoms with E-state index in [2.05, 4.69) is 4.72 Å². The molecule has 2 aromatic carbocycles. The van der Waals surface area contributed by atoms with Gasteiger partial charge < -0.3 is 9.84 Å². The number of ether oxygens (including phenoxy) is 1. The second-order valence-corrected chi connectivity index (χ2v) is 7.45. The number of carboxylic acid groups (broad SMARTS) is 1. The first kappa shape index (κ1) is 19.1. The molecule has 6 nitrogen and oxygen atoms in total. The van der Waals surface area contributed by atoms with Crippen LogP contribution in [0, 0.1) is 0 Å². The average molecular weight is 384 g/mol. The molecule has 2 aromatic rings. The van der Waals surface area contributed by atoms with Crippen LogP contribution in [0.5, 0.6) is 5.75 Å². The van der Waals surface area contributed by atoms with Crippen molar-refractivity contribution in [1.29, 1.82) is 0 Å². The fourth-order valence-electron chi connectivity index (χ4n) is 2.18. The molecule has 0 aliphatic carbocycles. The summed E-state index contributed by atoms with van der Waals surface area (Å²) in [7, 11) is -3.96. The Morgan fingerprint density at radius 2 is 1.92 bits per heavy atom. The van der Waals surface area contributed by atoms with E-state index in [0.29, 0.717) is 5.56 Å². The van der Waals surface area contributed by atoms with Gasteiger partial charge in [0.25, 0.3) is 10.0 Å². The van der Waals surface area contributed by atoms with Crippen LogP contribution >= 0.6 is 11.6 Å². The highest BCUT2D eigenvalue weighted by molar-refractivity contribution is 7.92. The number of aromatic carboxylic acids is 1. The lowest BCUT2D eigenvalue weighted by Crippen LogP contribution is -2.17. The molecule has 0 fully saturated rings. The Bertz CT molecular complexity index is 880. The van der Waals surface area contributed by atoms with Gasteiger partial charge in [-0.2, -0.15) is 0 Å². The van der Waals surface area contributed by atoms with Crippen LogP contribution in [0.25, 0.3) is 0 Å². The Labute approximate surface area is 151 Å². The van der Waals surface area contributed by atoms with Crippen molar-refractivity contribution in [3.63, 3.8) is 0 Å². The lowest BCUT2D eigenvalue weighted by atomic mass is 10.2. The molecule has 0 saturated heterocycles. The van der Waals surface area contributed by atoms with E-state index in [0.717, 1.165) is 0 Å². The first-order valence-corrected chi connectivity index (χ1v) is 9.47. The smallest absolute Gasteiger partial charge is 0.335 e. The molecule has 0 bridgehead atoms. The number of sulfonamides is 1. The van der Waals surface area contributed by atoms with Crippen LogP contribution in [0.15, 0.2) is 47.4 Å². The number of benzene rings is 2. The molecule has 0 aliphatic heterocycles. The number of hydrogen-bond acceptors (Lipinski definition) is 4. The number of carboxylic acids is 1. The lowest BCUT2D eigenvalue weighted by Gasteiger charge is -2.17. The van der Waals surface area contributed by atoms with E-state index in [9.17, 15) is 13.2 Å². The predicted octanol–water partition coefficient (Wildman–Crippen LogP) is 3.71. The van der Waals surface area contributed by atoms with Crippen LogP contribution < -0.4 is 9.46 Å². The second-order valence-electron chi connectivity index (χ2n) is 5.53. The number of nitrogens with one attached hydrogen (secondary N) is 1. The number of carbonyl (C=O) groups is 1. The van der Waals surface area contributed by atoms with Crippen LogP contribution in [0.3, 0.4) is 0 Å². The zero-order valence-electron chi connectivity index (χ0n) is 13.7. The highest BCUT2D eigenvalue weighted by Gasteiger charge is 2.21. The third-order valence-corrected chi connectivity index (χ3v) is 4.99. The number of anilines is 1. The topological polar surface area (TPSA) is 92.7 Å². The molecule has 0 spiro atoms. The van der Waals surface area contributed by atoms with Crippen molar-refractivity contribution < 1.29 is 23.1 Å². The lowest BCUT2D eigenvalue weighted by molar-refractivity contribution is 0.0697.